The number of aromatic nitrogens is 3. The van der Waals surface area contributed by atoms with E-state index in [4.69, 9.17) is 27.9 Å². The summed E-state index contributed by atoms with van der Waals surface area (Å²) in [7, 11) is 0. The number of halogens is 2. The van der Waals surface area contributed by atoms with Crippen LogP contribution in [-0.2, 0) is 6.61 Å². The minimum Gasteiger partial charge on any atom is -0.489 e. The van der Waals surface area contributed by atoms with Gasteiger partial charge < -0.3 is 4.74 Å². The van der Waals surface area contributed by atoms with E-state index in [9.17, 15) is 0 Å². The van der Waals surface area contributed by atoms with Crippen molar-refractivity contribution >= 4 is 23.2 Å². The largest absolute Gasteiger partial charge is 0.489 e. The maximum atomic E-state index is 6.21. The third-order valence-electron chi connectivity index (χ3n) is 4.13. The summed E-state index contributed by atoms with van der Waals surface area (Å²) in [6, 6.07) is 18.8. The third-order valence-corrected chi connectivity index (χ3v) is 4.72. The SMILES string of the molecule is Clc1ccc(COc2cccc(-c3ccnc(-c4ccncc4)n3)c2)c(Cl)c1. The van der Waals surface area contributed by atoms with E-state index in [0.717, 1.165) is 28.1 Å². The Labute approximate surface area is 172 Å². The molecule has 0 amide bonds. The molecule has 0 saturated heterocycles. The van der Waals surface area contributed by atoms with Crippen LogP contribution in [0.15, 0.2) is 79.3 Å². The van der Waals surface area contributed by atoms with Gasteiger partial charge in [0.15, 0.2) is 5.82 Å². The standard InChI is InChI=1S/C22H15Cl2N3O/c23-18-5-4-17(20(24)13-18)14-28-19-3-1-2-16(12-19)21-8-11-26-22(27-21)15-6-9-25-10-7-15/h1-13H,14H2. The van der Waals surface area contributed by atoms with Gasteiger partial charge >= 0.3 is 0 Å². The van der Waals surface area contributed by atoms with Gasteiger partial charge in [-0.2, -0.15) is 0 Å². The van der Waals surface area contributed by atoms with Crippen molar-refractivity contribution < 1.29 is 4.74 Å². The third kappa shape index (κ3) is 4.30. The Balaban J connectivity index is 1.55. The van der Waals surface area contributed by atoms with Crippen LogP contribution in [0.5, 0.6) is 5.75 Å². The molecular formula is C22H15Cl2N3O. The van der Waals surface area contributed by atoms with Gasteiger partial charge in [-0.3, -0.25) is 4.98 Å². The van der Waals surface area contributed by atoms with Crippen molar-refractivity contribution in [1.29, 1.82) is 0 Å². The van der Waals surface area contributed by atoms with Crippen molar-refractivity contribution in [3.05, 3.63) is 94.9 Å². The van der Waals surface area contributed by atoms with E-state index >= 15 is 0 Å². The highest BCUT2D eigenvalue weighted by atomic mass is 35.5. The highest BCUT2D eigenvalue weighted by Crippen LogP contribution is 2.26. The van der Waals surface area contributed by atoms with Gasteiger partial charge in [-0.1, -0.05) is 41.4 Å². The summed E-state index contributed by atoms with van der Waals surface area (Å²) in [6.07, 6.45) is 5.20. The molecule has 0 bridgehead atoms. The molecule has 0 aliphatic carbocycles. The molecule has 138 valence electrons. The summed E-state index contributed by atoms with van der Waals surface area (Å²) >= 11 is 12.2. The first-order chi connectivity index (χ1) is 13.7. The molecule has 0 N–H and O–H groups in total. The Morgan fingerprint density at radius 3 is 2.50 bits per heavy atom. The molecule has 2 heterocycles. The van der Waals surface area contributed by atoms with E-state index in [0.29, 0.717) is 22.5 Å². The van der Waals surface area contributed by atoms with Crippen molar-refractivity contribution in [2.75, 3.05) is 0 Å². The summed E-state index contributed by atoms with van der Waals surface area (Å²) in [4.78, 5) is 13.1. The maximum absolute atomic E-state index is 6.21. The summed E-state index contributed by atoms with van der Waals surface area (Å²) in [5, 5.41) is 1.19. The molecule has 4 rings (SSSR count). The van der Waals surface area contributed by atoms with E-state index in [1.54, 1.807) is 30.7 Å². The summed E-state index contributed by atoms with van der Waals surface area (Å²) < 4.78 is 5.91. The first kappa shape index (κ1) is 18.4. The molecular weight excluding hydrogens is 393 g/mol. The number of pyridine rings is 1. The van der Waals surface area contributed by atoms with Gasteiger partial charge in [0.25, 0.3) is 0 Å². The molecule has 0 spiro atoms. The molecule has 0 saturated carbocycles. The van der Waals surface area contributed by atoms with E-state index < -0.39 is 0 Å². The number of ether oxygens (including phenoxy) is 1. The molecule has 0 aliphatic rings. The highest BCUT2D eigenvalue weighted by molar-refractivity contribution is 6.35. The monoisotopic (exact) mass is 407 g/mol. The van der Waals surface area contributed by atoms with Gasteiger partial charge in [0.2, 0.25) is 0 Å². The van der Waals surface area contributed by atoms with E-state index in [1.807, 2.05) is 48.5 Å². The molecule has 28 heavy (non-hydrogen) atoms. The zero-order chi connectivity index (χ0) is 19.3. The molecule has 2 aromatic heterocycles. The second-order valence-electron chi connectivity index (χ2n) is 6.05. The number of benzene rings is 2. The molecule has 0 unspecified atom stereocenters. The van der Waals surface area contributed by atoms with Gasteiger partial charge in [0.05, 0.1) is 5.69 Å². The van der Waals surface area contributed by atoms with Crippen LogP contribution >= 0.6 is 23.2 Å². The Hall–Kier alpha value is -2.95. The van der Waals surface area contributed by atoms with Crippen molar-refractivity contribution in [3.63, 3.8) is 0 Å². The molecule has 0 atom stereocenters. The lowest BCUT2D eigenvalue weighted by Gasteiger charge is -2.10. The molecule has 6 heteroatoms. The predicted molar refractivity (Wildman–Crippen MR) is 111 cm³/mol. The van der Waals surface area contributed by atoms with Crippen LogP contribution < -0.4 is 4.74 Å². The average Bonchev–Trinajstić information content (AvgIpc) is 2.74. The van der Waals surface area contributed by atoms with Crippen LogP contribution in [0.2, 0.25) is 10.0 Å². The van der Waals surface area contributed by atoms with Crippen LogP contribution in [0.25, 0.3) is 22.6 Å². The Bertz CT molecular complexity index is 1100. The van der Waals surface area contributed by atoms with Gasteiger partial charge in [0, 0.05) is 45.3 Å². The summed E-state index contributed by atoms with van der Waals surface area (Å²) in [5.74, 6) is 1.38. The fourth-order valence-electron chi connectivity index (χ4n) is 2.70. The number of hydrogen-bond acceptors (Lipinski definition) is 4. The normalized spacial score (nSPS) is 10.6. The van der Waals surface area contributed by atoms with Gasteiger partial charge in [-0.05, 0) is 42.5 Å². The van der Waals surface area contributed by atoms with E-state index in [1.165, 1.54) is 0 Å². The summed E-state index contributed by atoms with van der Waals surface area (Å²) in [5.41, 5.74) is 3.55. The minimum absolute atomic E-state index is 0.353. The lowest BCUT2D eigenvalue weighted by molar-refractivity contribution is 0.306. The van der Waals surface area contributed by atoms with Crippen molar-refractivity contribution in [3.8, 4) is 28.4 Å². The zero-order valence-corrected chi connectivity index (χ0v) is 16.2. The molecule has 4 nitrogen and oxygen atoms in total. The maximum Gasteiger partial charge on any atom is 0.159 e. The van der Waals surface area contributed by atoms with Crippen LogP contribution in [0.4, 0.5) is 0 Å². The highest BCUT2D eigenvalue weighted by Gasteiger charge is 2.07. The van der Waals surface area contributed by atoms with Crippen molar-refractivity contribution in [2.45, 2.75) is 6.61 Å². The smallest absolute Gasteiger partial charge is 0.159 e. The van der Waals surface area contributed by atoms with Crippen molar-refractivity contribution in [2.24, 2.45) is 0 Å². The second kappa shape index (κ2) is 8.38. The van der Waals surface area contributed by atoms with Gasteiger partial charge in [-0.15, -0.1) is 0 Å². The molecule has 0 aliphatic heterocycles. The Morgan fingerprint density at radius 1 is 0.821 bits per heavy atom. The van der Waals surface area contributed by atoms with Crippen molar-refractivity contribution in [1.82, 2.24) is 15.0 Å². The van der Waals surface area contributed by atoms with Gasteiger partial charge in [0.1, 0.15) is 12.4 Å². The Kier molecular flexibility index (Phi) is 5.51. The van der Waals surface area contributed by atoms with Crippen LogP contribution in [-0.4, -0.2) is 15.0 Å². The van der Waals surface area contributed by atoms with Crippen LogP contribution in [0, 0.1) is 0 Å². The fourth-order valence-corrected chi connectivity index (χ4v) is 3.17. The fraction of sp³-hybridized carbons (Fsp3) is 0.0455. The lowest BCUT2D eigenvalue weighted by atomic mass is 10.1. The predicted octanol–water partition coefficient (Wildman–Crippen LogP) is 6.09. The molecule has 4 aromatic rings. The quantitative estimate of drug-likeness (QED) is 0.401. The summed E-state index contributed by atoms with van der Waals surface area (Å²) in [6.45, 7) is 0.353. The van der Waals surface area contributed by atoms with Crippen LogP contribution in [0.1, 0.15) is 5.56 Å². The average molecular weight is 408 g/mol. The topological polar surface area (TPSA) is 47.9 Å². The molecule has 2 aromatic carbocycles. The number of nitrogens with zero attached hydrogens (tertiary/aromatic N) is 3. The lowest BCUT2D eigenvalue weighted by Crippen LogP contribution is -1.97. The number of hydrogen-bond donors (Lipinski definition) is 0. The van der Waals surface area contributed by atoms with Crippen LogP contribution in [0.3, 0.4) is 0 Å². The van der Waals surface area contributed by atoms with E-state index in [-0.39, 0.29) is 0 Å². The first-order valence-corrected chi connectivity index (χ1v) is 9.35. The first-order valence-electron chi connectivity index (χ1n) is 8.60. The number of rotatable bonds is 5. The second-order valence-corrected chi connectivity index (χ2v) is 6.90. The minimum atomic E-state index is 0.353. The van der Waals surface area contributed by atoms with Gasteiger partial charge in [-0.25, -0.2) is 9.97 Å². The Morgan fingerprint density at radius 2 is 1.68 bits per heavy atom. The molecule has 0 fully saturated rings. The zero-order valence-electron chi connectivity index (χ0n) is 14.7. The molecule has 0 radical (unpaired) electrons. The van der Waals surface area contributed by atoms with E-state index in [2.05, 4.69) is 15.0 Å².